The molecular weight excluding hydrogens is 485 g/mol. The number of esters is 1. The summed E-state index contributed by atoms with van der Waals surface area (Å²) in [5.41, 5.74) is 1.04. The molecule has 3 amide bonds. The van der Waals surface area contributed by atoms with Gasteiger partial charge in [-0.3, -0.25) is 24.2 Å². The Kier molecular flexibility index (Phi) is 8.02. The Morgan fingerprint density at radius 1 is 1.08 bits per heavy atom. The number of hydrogen-bond donors (Lipinski definition) is 0. The summed E-state index contributed by atoms with van der Waals surface area (Å²) in [5, 5.41) is 0. The molecule has 10 nitrogen and oxygen atoms in total. The van der Waals surface area contributed by atoms with Crippen LogP contribution in [0.2, 0.25) is 0 Å². The third-order valence-corrected chi connectivity index (χ3v) is 6.07. The van der Waals surface area contributed by atoms with Crippen molar-refractivity contribution in [2.24, 2.45) is 0 Å². The number of ether oxygens (including phenoxy) is 3. The van der Waals surface area contributed by atoms with Gasteiger partial charge in [-0.2, -0.15) is 0 Å². The highest BCUT2D eigenvalue weighted by molar-refractivity contribution is 6.21. The van der Waals surface area contributed by atoms with Crippen LogP contribution in [0.25, 0.3) is 0 Å². The Labute approximate surface area is 213 Å². The number of morpholine rings is 1. The summed E-state index contributed by atoms with van der Waals surface area (Å²) in [6.45, 7) is 4.33. The third-order valence-electron chi connectivity index (χ3n) is 6.07. The Morgan fingerprint density at radius 2 is 1.73 bits per heavy atom. The predicted molar refractivity (Wildman–Crippen MR) is 131 cm³/mol. The Hall–Kier alpha value is -3.99. The molecule has 2 aliphatic rings. The maximum Gasteiger partial charge on any atom is 0.414 e. The van der Waals surface area contributed by atoms with Crippen LogP contribution in [0.15, 0.2) is 42.5 Å². The molecule has 2 aliphatic heterocycles. The molecule has 0 radical (unpaired) electrons. The van der Waals surface area contributed by atoms with Gasteiger partial charge in [0, 0.05) is 20.0 Å². The number of carbonyl (C=O) groups excluding carboxylic acids is 4. The van der Waals surface area contributed by atoms with Crippen LogP contribution in [0.4, 0.5) is 20.6 Å². The van der Waals surface area contributed by atoms with E-state index in [0.29, 0.717) is 32.0 Å². The number of fused-ring (bicyclic) bond motifs is 1. The van der Waals surface area contributed by atoms with Gasteiger partial charge < -0.3 is 19.1 Å². The number of nitrogens with zero attached hydrogens (tertiary/aromatic N) is 3. The van der Waals surface area contributed by atoms with E-state index in [-0.39, 0.29) is 36.5 Å². The van der Waals surface area contributed by atoms with Gasteiger partial charge in [-0.15, -0.1) is 0 Å². The monoisotopic (exact) mass is 513 g/mol. The molecule has 1 saturated heterocycles. The summed E-state index contributed by atoms with van der Waals surface area (Å²) >= 11 is 0. The number of hydrogen-bond acceptors (Lipinski definition) is 8. The smallest absolute Gasteiger partial charge is 0.414 e. The number of rotatable bonds is 8. The summed E-state index contributed by atoms with van der Waals surface area (Å²) in [4.78, 5) is 54.4. The van der Waals surface area contributed by atoms with E-state index in [1.54, 1.807) is 43.3 Å². The minimum Gasteiger partial charge on any atom is -0.459 e. The number of anilines is 2. The van der Waals surface area contributed by atoms with Crippen LogP contribution in [-0.2, 0) is 19.0 Å². The van der Waals surface area contributed by atoms with Crippen LogP contribution in [0.1, 0.15) is 34.6 Å². The fourth-order valence-electron chi connectivity index (χ4n) is 4.39. The Bertz CT molecular complexity index is 1160. The van der Waals surface area contributed by atoms with Gasteiger partial charge in [0.1, 0.15) is 11.9 Å². The molecule has 2 aromatic rings. The largest absolute Gasteiger partial charge is 0.459 e. The second-order valence-electron chi connectivity index (χ2n) is 8.54. The van der Waals surface area contributed by atoms with Crippen molar-refractivity contribution in [3.8, 4) is 0 Å². The molecule has 0 N–H and O–H groups in total. The van der Waals surface area contributed by atoms with Gasteiger partial charge in [0.15, 0.2) is 0 Å². The first-order chi connectivity index (χ1) is 17.8. The van der Waals surface area contributed by atoms with E-state index in [4.69, 9.17) is 14.2 Å². The fraction of sp³-hybridized carbons (Fsp3) is 0.385. The van der Waals surface area contributed by atoms with Crippen molar-refractivity contribution in [3.63, 3.8) is 0 Å². The maximum atomic E-state index is 15.1. The molecule has 2 aromatic carbocycles. The topological polar surface area (TPSA) is 106 Å². The van der Waals surface area contributed by atoms with Crippen molar-refractivity contribution in [1.82, 2.24) is 4.90 Å². The Balaban J connectivity index is 1.59. The molecule has 1 atom stereocenters. The highest BCUT2D eigenvalue weighted by Gasteiger charge is 2.38. The highest BCUT2D eigenvalue weighted by atomic mass is 19.1. The number of carbonyl (C=O) groups is 4. The lowest BCUT2D eigenvalue weighted by molar-refractivity contribution is -0.146. The first-order valence-electron chi connectivity index (χ1n) is 12.0. The highest BCUT2D eigenvalue weighted by Crippen LogP contribution is 2.28. The van der Waals surface area contributed by atoms with Crippen LogP contribution >= 0.6 is 0 Å². The normalized spacial score (nSPS) is 15.9. The van der Waals surface area contributed by atoms with Crippen LogP contribution in [0.5, 0.6) is 0 Å². The minimum atomic E-state index is -1.09. The molecule has 0 bridgehead atoms. The third kappa shape index (κ3) is 5.72. The average Bonchev–Trinajstić information content (AvgIpc) is 3.12. The molecular formula is C26H28FN3O7. The van der Waals surface area contributed by atoms with Crippen molar-refractivity contribution in [3.05, 3.63) is 59.4 Å². The van der Waals surface area contributed by atoms with E-state index in [2.05, 4.69) is 0 Å². The van der Waals surface area contributed by atoms with Crippen molar-refractivity contribution < 1.29 is 37.8 Å². The number of imide groups is 1. The predicted octanol–water partition coefficient (Wildman–Crippen LogP) is 2.85. The second-order valence-corrected chi connectivity index (χ2v) is 8.54. The number of benzene rings is 2. The molecule has 11 heteroatoms. The Morgan fingerprint density at radius 3 is 2.30 bits per heavy atom. The summed E-state index contributed by atoms with van der Waals surface area (Å²) in [6, 6.07) is 10.7. The summed E-state index contributed by atoms with van der Waals surface area (Å²) in [6.07, 6.45) is -1.88. The van der Waals surface area contributed by atoms with E-state index in [1.807, 2.05) is 4.90 Å². The molecule has 0 spiro atoms. The zero-order valence-corrected chi connectivity index (χ0v) is 20.6. The summed E-state index contributed by atoms with van der Waals surface area (Å²) in [7, 11) is 0. The standard InChI is InChI=1S/C26H28FN3O7/c1-3-36-26(34)29(18-8-9-23(22(27)14-18)28-10-12-35-13-11-28)15-19(37-17(2)31)16-30-24(32)20-6-4-5-7-21(20)25(30)33/h4-9,14,19H,3,10-13,15-16H2,1-2H3/t19-/m1/s1. The average molecular weight is 514 g/mol. The minimum absolute atomic E-state index is 0.0559. The van der Waals surface area contributed by atoms with Crippen LogP contribution in [0.3, 0.4) is 0 Å². The molecule has 4 rings (SSSR count). The maximum absolute atomic E-state index is 15.1. The molecule has 0 aromatic heterocycles. The van der Waals surface area contributed by atoms with Gasteiger partial charge in [0.2, 0.25) is 0 Å². The molecule has 37 heavy (non-hydrogen) atoms. The van der Waals surface area contributed by atoms with Gasteiger partial charge in [0.25, 0.3) is 11.8 Å². The van der Waals surface area contributed by atoms with E-state index in [0.717, 1.165) is 9.80 Å². The van der Waals surface area contributed by atoms with Gasteiger partial charge in [-0.25, -0.2) is 9.18 Å². The van der Waals surface area contributed by atoms with Crippen molar-refractivity contribution in [2.45, 2.75) is 20.0 Å². The van der Waals surface area contributed by atoms with E-state index in [1.165, 1.54) is 13.0 Å². The van der Waals surface area contributed by atoms with Crippen molar-refractivity contribution in [2.75, 3.05) is 55.8 Å². The fourth-order valence-corrected chi connectivity index (χ4v) is 4.39. The van der Waals surface area contributed by atoms with Crippen LogP contribution in [-0.4, -0.2) is 80.9 Å². The van der Waals surface area contributed by atoms with E-state index >= 15 is 4.39 Å². The SMILES string of the molecule is CCOC(=O)N(C[C@H](CN1C(=O)c2ccccc2C1=O)OC(C)=O)c1ccc(N2CCOCC2)c(F)c1. The van der Waals surface area contributed by atoms with E-state index in [9.17, 15) is 19.2 Å². The zero-order chi connectivity index (χ0) is 26.5. The number of halogens is 1. The van der Waals surface area contributed by atoms with Gasteiger partial charge in [-0.05, 0) is 37.3 Å². The molecule has 2 heterocycles. The molecule has 1 fully saturated rings. The number of amides is 3. The van der Waals surface area contributed by atoms with E-state index < -0.39 is 35.8 Å². The van der Waals surface area contributed by atoms with Crippen LogP contribution in [0, 0.1) is 5.82 Å². The zero-order valence-electron chi connectivity index (χ0n) is 20.6. The second kappa shape index (κ2) is 11.4. The lowest BCUT2D eigenvalue weighted by Crippen LogP contribution is -2.46. The molecule has 196 valence electrons. The molecule has 0 saturated carbocycles. The summed E-state index contributed by atoms with van der Waals surface area (Å²) < 4.78 is 31.0. The lowest BCUT2D eigenvalue weighted by Gasteiger charge is -2.31. The first-order valence-corrected chi connectivity index (χ1v) is 12.0. The lowest BCUT2D eigenvalue weighted by atomic mass is 10.1. The van der Waals surface area contributed by atoms with Crippen molar-refractivity contribution in [1.29, 1.82) is 0 Å². The van der Waals surface area contributed by atoms with Gasteiger partial charge in [0.05, 0.1) is 55.4 Å². The van der Waals surface area contributed by atoms with Gasteiger partial charge >= 0.3 is 12.1 Å². The molecule has 0 unspecified atom stereocenters. The van der Waals surface area contributed by atoms with Crippen molar-refractivity contribution >= 4 is 35.3 Å². The molecule has 0 aliphatic carbocycles. The van der Waals surface area contributed by atoms with Crippen LogP contribution < -0.4 is 9.80 Å². The first kappa shape index (κ1) is 26.1. The quantitative estimate of drug-likeness (QED) is 0.392. The van der Waals surface area contributed by atoms with Gasteiger partial charge in [-0.1, -0.05) is 12.1 Å². The summed E-state index contributed by atoms with van der Waals surface area (Å²) in [5.74, 6) is -2.26.